The molecule has 0 aliphatic carbocycles. The molecule has 0 saturated heterocycles. The van der Waals surface area contributed by atoms with Gasteiger partial charge in [-0.2, -0.15) is 0 Å². The van der Waals surface area contributed by atoms with Gasteiger partial charge in [0.2, 0.25) is 0 Å². The summed E-state index contributed by atoms with van der Waals surface area (Å²) in [6.45, 7) is 6.21. The molecule has 130 valence electrons. The zero-order valence-electron chi connectivity index (χ0n) is 13.1. The topological polar surface area (TPSA) is 47.6 Å². The summed E-state index contributed by atoms with van der Waals surface area (Å²) in [7, 11) is 0. The standard InChI is InChI=1S/C15H19ClF3NO3/c1-4-22-13(21)14(2,3)9-20-8-10-5-6-12(11(16)7-10)23-15(17,18)19/h5-7,20H,4,8-9H2,1-3H3. The van der Waals surface area contributed by atoms with Crippen molar-refractivity contribution in [1.82, 2.24) is 5.32 Å². The Hall–Kier alpha value is -1.47. The molecular formula is C15H19ClF3NO3. The van der Waals surface area contributed by atoms with E-state index in [-0.39, 0.29) is 11.0 Å². The predicted molar refractivity (Wildman–Crippen MR) is 80.3 cm³/mol. The SMILES string of the molecule is CCOC(=O)C(C)(C)CNCc1ccc(OC(F)(F)F)c(Cl)c1. The van der Waals surface area contributed by atoms with Crippen LogP contribution >= 0.6 is 11.6 Å². The largest absolute Gasteiger partial charge is 0.573 e. The van der Waals surface area contributed by atoms with E-state index in [4.69, 9.17) is 16.3 Å². The van der Waals surface area contributed by atoms with Crippen molar-refractivity contribution in [2.45, 2.75) is 33.7 Å². The Bertz CT molecular complexity index is 547. The number of carbonyl (C=O) groups is 1. The van der Waals surface area contributed by atoms with Crippen molar-refractivity contribution in [2.24, 2.45) is 5.41 Å². The average molecular weight is 354 g/mol. The molecule has 1 N–H and O–H groups in total. The zero-order valence-corrected chi connectivity index (χ0v) is 13.8. The molecule has 0 radical (unpaired) electrons. The van der Waals surface area contributed by atoms with Crippen molar-refractivity contribution >= 4 is 17.6 Å². The van der Waals surface area contributed by atoms with E-state index >= 15 is 0 Å². The van der Waals surface area contributed by atoms with Crippen molar-refractivity contribution in [3.63, 3.8) is 0 Å². The molecule has 0 aliphatic rings. The molecule has 8 heteroatoms. The molecule has 1 aromatic carbocycles. The summed E-state index contributed by atoms with van der Waals surface area (Å²) in [5.41, 5.74) is -0.0386. The van der Waals surface area contributed by atoms with E-state index in [0.717, 1.165) is 6.07 Å². The van der Waals surface area contributed by atoms with Gasteiger partial charge >= 0.3 is 12.3 Å². The summed E-state index contributed by atoms with van der Waals surface area (Å²) < 4.78 is 45.2. The Morgan fingerprint density at radius 3 is 2.48 bits per heavy atom. The number of hydrogen-bond acceptors (Lipinski definition) is 4. The van der Waals surface area contributed by atoms with Crippen LogP contribution in [0.25, 0.3) is 0 Å². The quantitative estimate of drug-likeness (QED) is 0.755. The van der Waals surface area contributed by atoms with E-state index in [1.165, 1.54) is 12.1 Å². The molecule has 0 spiro atoms. The Morgan fingerprint density at radius 1 is 1.30 bits per heavy atom. The van der Waals surface area contributed by atoms with Crippen molar-refractivity contribution in [3.8, 4) is 5.75 Å². The van der Waals surface area contributed by atoms with Gasteiger partial charge < -0.3 is 14.8 Å². The Kier molecular flexibility index (Phi) is 6.70. The van der Waals surface area contributed by atoms with Crippen molar-refractivity contribution in [1.29, 1.82) is 0 Å². The maximum Gasteiger partial charge on any atom is 0.573 e. The fourth-order valence-corrected chi connectivity index (χ4v) is 2.02. The minimum absolute atomic E-state index is 0.133. The van der Waals surface area contributed by atoms with Gasteiger partial charge in [0.05, 0.1) is 17.0 Å². The van der Waals surface area contributed by atoms with Crippen molar-refractivity contribution < 1.29 is 27.4 Å². The van der Waals surface area contributed by atoms with Crippen LogP contribution in [0.3, 0.4) is 0 Å². The van der Waals surface area contributed by atoms with Gasteiger partial charge in [-0.05, 0) is 38.5 Å². The lowest BCUT2D eigenvalue weighted by atomic mass is 9.93. The van der Waals surface area contributed by atoms with Crippen LogP contribution < -0.4 is 10.1 Å². The lowest BCUT2D eigenvalue weighted by molar-refractivity contribution is -0.274. The predicted octanol–water partition coefficient (Wildman–Crippen LogP) is 3.92. The van der Waals surface area contributed by atoms with Crippen LogP contribution in [0, 0.1) is 5.41 Å². The lowest BCUT2D eigenvalue weighted by Gasteiger charge is -2.22. The van der Waals surface area contributed by atoms with E-state index in [9.17, 15) is 18.0 Å². The molecule has 0 unspecified atom stereocenters. The summed E-state index contributed by atoms with van der Waals surface area (Å²) >= 11 is 5.77. The number of alkyl halides is 3. The maximum atomic E-state index is 12.2. The van der Waals surface area contributed by atoms with E-state index in [1.807, 2.05) is 0 Å². The minimum atomic E-state index is -4.78. The van der Waals surface area contributed by atoms with Crippen LogP contribution in [0.2, 0.25) is 5.02 Å². The van der Waals surface area contributed by atoms with Crippen LogP contribution in [0.15, 0.2) is 18.2 Å². The van der Waals surface area contributed by atoms with Gasteiger partial charge in [0, 0.05) is 13.1 Å². The summed E-state index contributed by atoms with van der Waals surface area (Å²) in [6.07, 6.45) is -4.78. The first-order chi connectivity index (χ1) is 10.5. The minimum Gasteiger partial charge on any atom is -0.466 e. The van der Waals surface area contributed by atoms with Crippen molar-refractivity contribution in [2.75, 3.05) is 13.2 Å². The Morgan fingerprint density at radius 2 is 1.96 bits per heavy atom. The van der Waals surface area contributed by atoms with Crippen LogP contribution in [0.5, 0.6) is 5.75 Å². The number of esters is 1. The van der Waals surface area contributed by atoms with E-state index in [0.29, 0.717) is 25.3 Å². The van der Waals surface area contributed by atoms with Gasteiger partial charge in [0.1, 0.15) is 5.75 Å². The number of hydrogen-bond donors (Lipinski definition) is 1. The van der Waals surface area contributed by atoms with E-state index < -0.39 is 17.5 Å². The number of benzene rings is 1. The normalized spacial score (nSPS) is 12.1. The molecule has 0 aromatic heterocycles. The van der Waals surface area contributed by atoms with Crippen LogP contribution in [-0.2, 0) is 16.1 Å². The highest BCUT2D eigenvalue weighted by Gasteiger charge is 2.32. The fourth-order valence-electron chi connectivity index (χ4n) is 1.78. The molecule has 0 aliphatic heterocycles. The van der Waals surface area contributed by atoms with Gasteiger partial charge in [-0.1, -0.05) is 17.7 Å². The third kappa shape index (κ3) is 6.66. The van der Waals surface area contributed by atoms with Crippen LogP contribution in [0.4, 0.5) is 13.2 Å². The van der Waals surface area contributed by atoms with Crippen molar-refractivity contribution in [3.05, 3.63) is 28.8 Å². The molecule has 4 nitrogen and oxygen atoms in total. The summed E-state index contributed by atoms with van der Waals surface area (Å²) in [6, 6.07) is 4.01. The Labute approximate surface area is 137 Å². The molecule has 0 amide bonds. The molecule has 23 heavy (non-hydrogen) atoms. The second-order valence-electron chi connectivity index (χ2n) is 5.52. The highest BCUT2D eigenvalue weighted by Crippen LogP contribution is 2.30. The molecule has 1 rings (SSSR count). The molecule has 0 heterocycles. The first-order valence-corrected chi connectivity index (χ1v) is 7.35. The van der Waals surface area contributed by atoms with Gasteiger partial charge in [-0.15, -0.1) is 13.2 Å². The highest BCUT2D eigenvalue weighted by molar-refractivity contribution is 6.32. The van der Waals surface area contributed by atoms with Crippen LogP contribution in [0.1, 0.15) is 26.3 Å². The third-order valence-electron chi connectivity index (χ3n) is 2.95. The molecular weight excluding hydrogens is 335 g/mol. The number of nitrogens with one attached hydrogen (secondary N) is 1. The van der Waals surface area contributed by atoms with Gasteiger partial charge in [-0.25, -0.2) is 0 Å². The number of rotatable bonds is 7. The van der Waals surface area contributed by atoms with Gasteiger partial charge in [0.15, 0.2) is 0 Å². The summed E-state index contributed by atoms with van der Waals surface area (Å²) in [5, 5.41) is 2.92. The van der Waals surface area contributed by atoms with E-state index in [1.54, 1.807) is 20.8 Å². The zero-order chi connectivity index (χ0) is 17.7. The molecule has 0 bridgehead atoms. The number of ether oxygens (including phenoxy) is 2. The molecule has 0 fully saturated rings. The smallest absolute Gasteiger partial charge is 0.466 e. The molecule has 0 atom stereocenters. The maximum absolute atomic E-state index is 12.2. The average Bonchev–Trinajstić information content (AvgIpc) is 2.40. The Balaban J connectivity index is 2.59. The second kappa shape index (κ2) is 7.88. The molecule has 1 aromatic rings. The fraction of sp³-hybridized carbons (Fsp3) is 0.533. The summed E-state index contributed by atoms with van der Waals surface area (Å²) in [5.74, 6) is -0.769. The van der Waals surface area contributed by atoms with E-state index in [2.05, 4.69) is 10.1 Å². The first kappa shape index (κ1) is 19.6. The highest BCUT2D eigenvalue weighted by atomic mass is 35.5. The lowest BCUT2D eigenvalue weighted by Crippen LogP contribution is -2.37. The molecule has 0 saturated carbocycles. The van der Waals surface area contributed by atoms with Gasteiger partial charge in [0.25, 0.3) is 0 Å². The monoisotopic (exact) mass is 353 g/mol. The second-order valence-corrected chi connectivity index (χ2v) is 5.93. The number of halogens is 4. The first-order valence-electron chi connectivity index (χ1n) is 6.97. The van der Waals surface area contributed by atoms with Gasteiger partial charge in [-0.3, -0.25) is 4.79 Å². The summed E-state index contributed by atoms with van der Waals surface area (Å²) in [4.78, 5) is 11.7. The van der Waals surface area contributed by atoms with Crippen LogP contribution in [-0.4, -0.2) is 25.5 Å². The number of carbonyl (C=O) groups excluding carboxylic acids is 1. The third-order valence-corrected chi connectivity index (χ3v) is 3.24.